The first-order valence-corrected chi connectivity index (χ1v) is 7.33. The molecule has 0 bridgehead atoms. The van der Waals surface area contributed by atoms with Crippen molar-refractivity contribution in [2.75, 3.05) is 13.7 Å². The molecule has 0 aromatic heterocycles. The van der Waals surface area contributed by atoms with Crippen molar-refractivity contribution in [2.24, 2.45) is 0 Å². The predicted octanol–water partition coefficient (Wildman–Crippen LogP) is 3.90. The van der Waals surface area contributed by atoms with Crippen molar-refractivity contribution in [2.45, 2.75) is 6.92 Å². The van der Waals surface area contributed by atoms with Gasteiger partial charge in [0, 0.05) is 17.7 Å². The largest absolute Gasteiger partial charge is 0.493 e. The van der Waals surface area contributed by atoms with E-state index in [1.54, 1.807) is 37.5 Å². The minimum absolute atomic E-state index is 0.114. The van der Waals surface area contributed by atoms with E-state index in [0.29, 0.717) is 18.1 Å². The molecule has 2 rings (SSSR count). The Hall–Kier alpha value is -3.15. The van der Waals surface area contributed by atoms with E-state index in [4.69, 9.17) is 9.47 Å². The summed E-state index contributed by atoms with van der Waals surface area (Å²) in [6.45, 7) is 2.40. The molecule has 0 spiro atoms. The lowest BCUT2D eigenvalue weighted by atomic mass is 10.1. The van der Waals surface area contributed by atoms with Gasteiger partial charge in [-0.05, 0) is 30.7 Å². The van der Waals surface area contributed by atoms with Crippen molar-refractivity contribution < 1.29 is 19.2 Å². The number of hydrogen-bond acceptors (Lipinski definition) is 5. The molecule has 0 heterocycles. The van der Waals surface area contributed by atoms with Crippen molar-refractivity contribution in [3.8, 4) is 11.5 Å². The second-order valence-corrected chi connectivity index (χ2v) is 4.85. The van der Waals surface area contributed by atoms with Gasteiger partial charge in [-0.2, -0.15) is 0 Å². The van der Waals surface area contributed by atoms with Gasteiger partial charge in [0.25, 0.3) is 5.69 Å². The summed E-state index contributed by atoms with van der Waals surface area (Å²) in [5.74, 6) is 0.885. The molecule has 24 heavy (non-hydrogen) atoms. The zero-order valence-electron chi connectivity index (χ0n) is 13.4. The lowest BCUT2D eigenvalue weighted by molar-refractivity contribution is -0.384. The van der Waals surface area contributed by atoms with E-state index in [1.165, 1.54) is 24.3 Å². The van der Waals surface area contributed by atoms with E-state index in [9.17, 15) is 14.9 Å². The van der Waals surface area contributed by atoms with Crippen LogP contribution in [0.3, 0.4) is 0 Å². The Morgan fingerprint density at radius 2 is 2.00 bits per heavy atom. The Morgan fingerprint density at radius 1 is 1.21 bits per heavy atom. The highest BCUT2D eigenvalue weighted by atomic mass is 16.6. The molecular weight excluding hydrogens is 310 g/mol. The molecule has 2 aromatic carbocycles. The average Bonchev–Trinajstić information content (AvgIpc) is 2.60. The third-order valence-corrected chi connectivity index (χ3v) is 3.26. The highest BCUT2D eigenvalue weighted by Gasteiger charge is 2.09. The highest BCUT2D eigenvalue weighted by molar-refractivity contribution is 6.07. The van der Waals surface area contributed by atoms with Crippen LogP contribution >= 0.6 is 0 Å². The number of carbonyl (C=O) groups is 1. The number of non-ortho nitro benzene ring substituents is 1. The van der Waals surface area contributed by atoms with E-state index in [2.05, 4.69) is 0 Å². The number of hydrogen-bond donors (Lipinski definition) is 0. The topological polar surface area (TPSA) is 78.7 Å². The number of carbonyl (C=O) groups excluding carboxylic acids is 1. The SMILES string of the molecule is CCOc1ccc(/C=C/C(=O)c2cccc([N+](=O)[O-])c2)cc1OC. The second kappa shape index (κ2) is 7.92. The summed E-state index contributed by atoms with van der Waals surface area (Å²) in [4.78, 5) is 22.4. The normalized spacial score (nSPS) is 10.6. The fourth-order valence-corrected chi connectivity index (χ4v) is 2.10. The first kappa shape index (κ1) is 17.2. The number of ether oxygens (including phenoxy) is 2. The summed E-state index contributed by atoms with van der Waals surface area (Å²) in [5, 5.41) is 10.8. The van der Waals surface area contributed by atoms with Crippen LogP contribution in [0, 0.1) is 10.1 Å². The summed E-state index contributed by atoms with van der Waals surface area (Å²) in [7, 11) is 1.54. The molecular formula is C18H17NO5. The standard InChI is InChI=1S/C18H17NO5/c1-3-24-17-10-8-13(11-18(17)23-2)7-9-16(20)14-5-4-6-15(12-14)19(21)22/h4-12H,3H2,1-2H3/b9-7+. The van der Waals surface area contributed by atoms with Gasteiger partial charge >= 0.3 is 0 Å². The number of methoxy groups -OCH3 is 1. The van der Waals surface area contributed by atoms with Crippen LogP contribution in [0.5, 0.6) is 11.5 Å². The molecule has 124 valence electrons. The highest BCUT2D eigenvalue weighted by Crippen LogP contribution is 2.28. The molecule has 0 saturated heterocycles. The molecule has 0 aliphatic heterocycles. The third-order valence-electron chi connectivity index (χ3n) is 3.26. The van der Waals surface area contributed by atoms with Gasteiger partial charge in [0.15, 0.2) is 17.3 Å². The van der Waals surface area contributed by atoms with E-state index >= 15 is 0 Å². The lowest BCUT2D eigenvalue weighted by Crippen LogP contribution is -1.97. The maximum Gasteiger partial charge on any atom is 0.270 e. The van der Waals surface area contributed by atoms with E-state index in [-0.39, 0.29) is 17.0 Å². The van der Waals surface area contributed by atoms with E-state index in [1.807, 2.05) is 6.92 Å². The van der Waals surface area contributed by atoms with Crippen LogP contribution < -0.4 is 9.47 Å². The maximum atomic E-state index is 12.2. The molecule has 6 heteroatoms. The Morgan fingerprint density at radius 3 is 2.67 bits per heavy atom. The number of rotatable bonds is 7. The van der Waals surface area contributed by atoms with Gasteiger partial charge in [-0.15, -0.1) is 0 Å². The summed E-state index contributed by atoms with van der Waals surface area (Å²) in [5.41, 5.74) is 0.907. The quantitative estimate of drug-likeness (QED) is 0.333. The molecule has 0 radical (unpaired) electrons. The van der Waals surface area contributed by atoms with Crippen molar-refractivity contribution in [1.29, 1.82) is 0 Å². The smallest absolute Gasteiger partial charge is 0.270 e. The first-order chi connectivity index (χ1) is 11.5. The Kier molecular flexibility index (Phi) is 5.68. The summed E-state index contributed by atoms with van der Waals surface area (Å²) in [6, 6.07) is 10.9. The fourth-order valence-electron chi connectivity index (χ4n) is 2.10. The minimum Gasteiger partial charge on any atom is -0.493 e. The minimum atomic E-state index is -0.530. The number of benzene rings is 2. The molecule has 0 atom stereocenters. The van der Waals surface area contributed by atoms with Crippen molar-refractivity contribution in [3.63, 3.8) is 0 Å². The van der Waals surface area contributed by atoms with Gasteiger partial charge in [0.2, 0.25) is 0 Å². The lowest BCUT2D eigenvalue weighted by Gasteiger charge is -2.09. The third kappa shape index (κ3) is 4.19. The van der Waals surface area contributed by atoms with Gasteiger partial charge in [0.1, 0.15) is 0 Å². The molecule has 0 aliphatic rings. The summed E-state index contributed by atoms with van der Waals surface area (Å²) < 4.78 is 10.7. The number of nitro benzene ring substituents is 1. The van der Waals surface area contributed by atoms with E-state index < -0.39 is 4.92 Å². The van der Waals surface area contributed by atoms with Crippen LogP contribution in [-0.2, 0) is 0 Å². The molecule has 0 amide bonds. The van der Waals surface area contributed by atoms with Crippen LogP contribution in [0.4, 0.5) is 5.69 Å². The summed E-state index contributed by atoms with van der Waals surface area (Å²) >= 11 is 0. The Bertz CT molecular complexity index is 783. The van der Waals surface area contributed by atoms with Crippen LogP contribution in [0.1, 0.15) is 22.8 Å². The predicted molar refractivity (Wildman–Crippen MR) is 90.6 cm³/mol. The van der Waals surface area contributed by atoms with Crippen LogP contribution in [-0.4, -0.2) is 24.4 Å². The zero-order valence-corrected chi connectivity index (χ0v) is 13.4. The number of allylic oxidation sites excluding steroid dienone is 1. The van der Waals surface area contributed by atoms with E-state index in [0.717, 1.165) is 5.56 Å². The Labute approximate surface area is 139 Å². The molecule has 6 nitrogen and oxygen atoms in total. The Balaban J connectivity index is 2.19. The molecule has 0 N–H and O–H groups in total. The molecule has 0 fully saturated rings. The van der Waals surface area contributed by atoms with Crippen molar-refractivity contribution in [1.82, 2.24) is 0 Å². The number of nitrogens with zero attached hydrogens (tertiary/aromatic N) is 1. The van der Waals surface area contributed by atoms with Gasteiger partial charge in [-0.3, -0.25) is 14.9 Å². The van der Waals surface area contributed by atoms with Crippen LogP contribution in [0.25, 0.3) is 6.08 Å². The van der Waals surface area contributed by atoms with Gasteiger partial charge in [-0.1, -0.05) is 24.3 Å². The van der Waals surface area contributed by atoms with Gasteiger partial charge < -0.3 is 9.47 Å². The maximum absolute atomic E-state index is 12.2. The van der Waals surface area contributed by atoms with Gasteiger partial charge in [0.05, 0.1) is 18.6 Å². The number of nitro groups is 1. The van der Waals surface area contributed by atoms with Gasteiger partial charge in [-0.25, -0.2) is 0 Å². The fraction of sp³-hybridized carbons (Fsp3) is 0.167. The monoisotopic (exact) mass is 327 g/mol. The molecule has 0 saturated carbocycles. The zero-order chi connectivity index (χ0) is 17.5. The molecule has 0 aliphatic carbocycles. The van der Waals surface area contributed by atoms with Crippen molar-refractivity contribution >= 4 is 17.5 Å². The first-order valence-electron chi connectivity index (χ1n) is 7.33. The van der Waals surface area contributed by atoms with Crippen LogP contribution in [0.2, 0.25) is 0 Å². The summed E-state index contributed by atoms with van der Waals surface area (Å²) in [6.07, 6.45) is 2.99. The molecule has 2 aromatic rings. The number of ketones is 1. The molecule has 0 unspecified atom stereocenters. The second-order valence-electron chi connectivity index (χ2n) is 4.85. The van der Waals surface area contributed by atoms with Crippen molar-refractivity contribution in [3.05, 3.63) is 69.8 Å². The van der Waals surface area contributed by atoms with Crippen LogP contribution in [0.15, 0.2) is 48.5 Å². The average molecular weight is 327 g/mol.